The van der Waals surface area contributed by atoms with Gasteiger partial charge in [0.15, 0.2) is 0 Å². The van der Waals surface area contributed by atoms with Crippen LogP contribution in [0, 0.1) is 0 Å². The third-order valence-electron chi connectivity index (χ3n) is 3.90. The van der Waals surface area contributed by atoms with Gasteiger partial charge in [-0.05, 0) is 19.3 Å². The number of rotatable bonds is 6. The Morgan fingerprint density at radius 2 is 2.33 bits per heavy atom. The molecule has 0 saturated heterocycles. The highest BCUT2D eigenvalue weighted by Crippen LogP contribution is 2.27. The maximum atomic E-state index is 5.11. The van der Waals surface area contributed by atoms with Crippen molar-refractivity contribution in [2.24, 2.45) is 0 Å². The lowest BCUT2D eigenvalue weighted by Gasteiger charge is -2.14. The van der Waals surface area contributed by atoms with Gasteiger partial charge in [0.2, 0.25) is 0 Å². The van der Waals surface area contributed by atoms with E-state index in [2.05, 4.69) is 38.2 Å². The van der Waals surface area contributed by atoms with Crippen LogP contribution >= 0.6 is 0 Å². The van der Waals surface area contributed by atoms with Crippen molar-refractivity contribution in [1.29, 1.82) is 0 Å². The molecule has 0 aromatic carbocycles. The molecule has 1 atom stereocenters. The quantitative estimate of drug-likeness (QED) is 0.762. The Kier molecular flexibility index (Phi) is 4.45. The summed E-state index contributed by atoms with van der Waals surface area (Å²) in [5.74, 6) is 0.516. The van der Waals surface area contributed by atoms with Gasteiger partial charge in [-0.15, -0.1) is 5.10 Å². The van der Waals surface area contributed by atoms with Gasteiger partial charge in [-0.2, -0.15) is 0 Å². The van der Waals surface area contributed by atoms with Gasteiger partial charge in [0, 0.05) is 25.8 Å². The van der Waals surface area contributed by atoms with E-state index < -0.39 is 0 Å². The van der Waals surface area contributed by atoms with Crippen LogP contribution in [-0.2, 0) is 17.8 Å². The number of allylic oxidation sites excluding steroid dienone is 2. The Balaban J connectivity index is 1.67. The van der Waals surface area contributed by atoms with E-state index in [0.717, 1.165) is 30.8 Å². The van der Waals surface area contributed by atoms with Gasteiger partial charge in [0.05, 0.1) is 37.1 Å². The topological polar surface area (TPSA) is 57.8 Å². The second kappa shape index (κ2) is 6.67. The lowest BCUT2D eigenvalue weighted by Crippen LogP contribution is -2.10. The molecule has 0 saturated carbocycles. The summed E-state index contributed by atoms with van der Waals surface area (Å²) in [6, 6.07) is 0. The Hall–Kier alpha value is -1.95. The molecule has 0 aliphatic heterocycles. The molecule has 2 aromatic heterocycles. The molecule has 6 nitrogen and oxygen atoms in total. The molecule has 2 heterocycles. The van der Waals surface area contributed by atoms with Crippen molar-refractivity contribution < 1.29 is 4.74 Å². The van der Waals surface area contributed by atoms with Gasteiger partial charge in [-0.3, -0.25) is 0 Å². The van der Waals surface area contributed by atoms with Crippen LogP contribution in [0.4, 0.5) is 0 Å². The number of ether oxygens (including phenoxy) is 1. The van der Waals surface area contributed by atoms with Crippen molar-refractivity contribution in [3.8, 4) is 0 Å². The molecule has 112 valence electrons. The second-order valence-corrected chi connectivity index (χ2v) is 5.39. The minimum Gasteiger partial charge on any atom is -0.383 e. The maximum absolute atomic E-state index is 5.11. The van der Waals surface area contributed by atoms with Gasteiger partial charge < -0.3 is 9.30 Å². The average Bonchev–Trinajstić information content (AvgIpc) is 3.16. The number of hydrogen-bond donors (Lipinski definition) is 0. The Bertz CT molecular complexity index is 601. The molecular formula is C15H21N5O. The average molecular weight is 287 g/mol. The summed E-state index contributed by atoms with van der Waals surface area (Å²) in [5, 5.41) is 8.59. The van der Waals surface area contributed by atoms with E-state index in [4.69, 9.17) is 4.74 Å². The van der Waals surface area contributed by atoms with E-state index in [1.54, 1.807) is 7.11 Å². The molecule has 2 aromatic rings. The third kappa shape index (κ3) is 3.39. The monoisotopic (exact) mass is 287 g/mol. The second-order valence-electron chi connectivity index (χ2n) is 5.39. The molecule has 0 bridgehead atoms. The first-order valence-corrected chi connectivity index (χ1v) is 7.40. The summed E-state index contributed by atoms with van der Waals surface area (Å²) in [4.78, 5) is 4.20. The lowest BCUT2D eigenvalue weighted by molar-refractivity contribution is 0.186. The molecule has 0 fully saturated rings. The molecule has 1 aliphatic carbocycles. The molecule has 1 aliphatic rings. The van der Waals surface area contributed by atoms with E-state index in [1.807, 2.05) is 17.2 Å². The normalized spacial score (nSPS) is 18.2. The summed E-state index contributed by atoms with van der Waals surface area (Å²) >= 11 is 0. The van der Waals surface area contributed by atoms with Crippen LogP contribution in [0.5, 0.6) is 0 Å². The zero-order valence-corrected chi connectivity index (χ0v) is 12.4. The molecule has 0 spiro atoms. The van der Waals surface area contributed by atoms with E-state index in [-0.39, 0.29) is 0 Å². The first kappa shape index (κ1) is 14.0. The highest BCUT2D eigenvalue weighted by Gasteiger charge is 2.16. The van der Waals surface area contributed by atoms with Crippen LogP contribution in [0.15, 0.2) is 30.9 Å². The Labute approximate surface area is 124 Å². The number of hydrogen-bond acceptors (Lipinski definition) is 4. The molecule has 3 rings (SSSR count). The highest BCUT2D eigenvalue weighted by atomic mass is 16.5. The highest BCUT2D eigenvalue weighted by molar-refractivity contribution is 5.09. The summed E-state index contributed by atoms with van der Waals surface area (Å²) in [6.07, 6.45) is 13.6. The standard InChI is InChI=1S/C15H21N5O/c1-21-8-7-19-12-16-9-14(19)10-20-11-15(17-18-20)13-5-3-2-4-6-13/h2-3,9,11-13H,4-8,10H2,1H3/t13-/m0/s1. The van der Waals surface area contributed by atoms with E-state index in [1.165, 1.54) is 6.42 Å². The first-order chi connectivity index (χ1) is 10.4. The number of nitrogens with zero attached hydrogens (tertiary/aromatic N) is 5. The van der Waals surface area contributed by atoms with Crippen molar-refractivity contribution in [2.75, 3.05) is 13.7 Å². The summed E-state index contributed by atoms with van der Waals surface area (Å²) in [7, 11) is 1.71. The molecule has 0 N–H and O–H groups in total. The van der Waals surface area contributed by atoms with Crippen molar-refractivity contribution >= 4 is 0 Å². The number of imidazole rings is 1. The zero-order valence-electron chi connectivity index (χ0n) is 12.4. The van der Waals surface area contributed by atoms with Crippen molar-refractivity contribution in [3.63, 3.8) is 0 Å². The van der Waals surface area contributed by atoms with E-state index in [9.17, 15) is 0 Å². The molecule has 0 unspecified atom stereocenters. The van der Waals surface area contributed by atoms with Crippen LogP contribution in [0.25, 0.3) is 0 Å². The number of aromatic nitrogens is 5. The van der Waals surface area contributed by atoms with Crippen molar-refractivity contribution in [3.05, 3.63) is 42.3 Å². The summed E-state index contributed by atoms with van der Waals surface area (Å²) in [6.45, 7) is 2.18. The van der Waals surface area contributed by atoms with Crippen LogP contribution in [0.2, 0.25) is 0 Å². The van der Waals surface area contributed by atoms with Gasteiger partial charge in [-0.25, -0.2) is 9.67 Å². The van der Waals surface area contributed by atoms with Crippen molar-refractivity contribution in [2.45, 2.75) is 38.3 Å². The predicted octanol–water partition coefficient (Wildman–Crippen LogP) is 1.99. The van der Waals surface area contributed by atoms with Crippen molar-refractivity contribution in [1.82, 2.24) is 24.5 Å². The van der Waals surface area contributed by atoms with Crippen LogP contribution in [-0.4, -0.2) is 38.3 Å². The van der Waals surface area contributed by atoms with Gasteiger partial charge in [-0.1, -0.05) is 17.4 Å². The van der Waals surface area contributed by atoms with Crippen LogP contribution < -0.4 is 0 Å². The summed E-state index contributed by atoms with van der Waals surface area (Å²) < 4.78 is 9.10. The predicted molar refractivity (Wildman–Crippen MR) is 79.0 cm³/mol. The SMILES string of the molecule is COCCn1cncc1Cn1cc([C@H]2CC=CCC2)nn1. The minimum atomic E-state index is 0.516. The first-order valence-electron chi connectivity index (χ1n) is 7.40. The molecule has 6 heteroatoms. The Morgan fingerprint density at radius 3 is 3.14 bits per heavy atom. The zero-order chi connectivity index (χ0) is 14.5. The fourth-order valence-corrected chi connectivity index (χ4v) is 2.68. The smallest absolute Gasteiger partial charge is 0.0949 e. The van der Waals surface area contributed by atoms with Crippen LogP contribution in [0.1, 0.15) is 36.6 Å². The number of methoxy groups -OCH3 is 1. The van der Waals surface area contributed by atoms with E-state index >= 15 is 0 Å². The van der Waals surface area contributed by atoms with Crippen LogP contribution in [0.3, 0.4) is 0 Å². The van der Waals surface area contributed by atoms with Gasteiger partial charge >= 0.3 is 0 Å². The Morgan fingerprint density at radius 1 is 1.38 bits per heavy atom. The van der Waals surface area contributed by atoms with Gasteiger partial charge in [0.1, 0.15) is 0 Å². The molecule has 0 amide bonds. The molecule has 21 heavy (non-hydrogen) atoms. The summed E-state index contributed by atoms with van der Waals surface area (Å²) in [5.41, 5.74) is 2.22. The fourth-order valence-electron chi connectivity index (χ4n) is 2.68. The van der Waals surface area contributed by atoms with E-state index in [0.29, 0.717) is 19.1 Å². The largest absolute Gasteiger partial charge is 0.383 e. The fraction of sp³-hybridized carbons (Fsp3) is 0.533. The van der Waals surface area contributed by atoms with Gasteiger partial charge in [0.25, 0.3) is 0 Å². The lowest BCUT2D eigenvalue weighted by atomic mass is 9.92. The molecule has 0 radical (unpaired) electrons. The minimum absolute atomic E-state index is 0.516. The molecular weight excluding hydrogens is 266 g/mol. The third-order valence-corrected chi connectivity index (χ3v) is 3.90. The maximum Gasteiger partial charge on any atom is 0.0949 e.